The van der Waals surface area contributed by atoms with Gasteiger partial charge in [-0.05, 0) is 45.6 Å². The maximum Gasteiger partial charge on any atom is 0.248 e. The molecule has 10 heteroatoms. The van der Waals surface area contributed by atoms with Gasteiger partial charge in [-0.1, -0.05) is 26.0 Å². The summed E-state index contributed by atoms with van der Waals surface area (Å²) in [6.45, 7) is 15.3. The SMILES string of the molecule is CN1CCN(CCC(C)(C)NC(=O)C2CC(O)CN2C(=O)[C@@H](n2cc(C3CC3)nn2)C(C)(C)C)CC1. The van der Waals surface area contributed by atoms with Crippen molar-refractivity contribution in [2.45, 2.75) is 89.9 Å². The zero-order chi connectivity index (χ0) is 26.3. The van der Waals surface area contributed by atoms with Gasteiger partial charge in [-0.15, -0.1) is 5.10 Å². The second kappa shape index (κ2) is 10.4. The lowest BCUT2D eigenvalue weighted by Crippen LogP contribution is -2.55. The molecule has 3 aliphatic rings. The van der Waals surface area contributed by atoms with E-state index in [-0.39, 0.29) is 24.8 Å². The van der Waals surface area contributed by atoms with Crippen molar-refractivity contribution in [1.29, 1.82) is 0 Å². The molecule has 3 heterocycles. The van der Waals surface area contributed by atoms with E-state index in [4.69, 9.17) is 0 Å². The summed E-state index contributed by atoms with van der Waals surface area (Å²) in [5.74, 6) is 0.0459. The molecule has 2 saturated heterocycles. The van der Waals surface area contributed by atoms with Crippen molar-refractivity contribution in [2.24, 2.45) is 5.41 Å². The second-order valence-electron chi connectivity index (χ2n) is 12.8. The van der Waals surface area contributed by atoms with Crippen LogP contribution in [0.3, 0.4) is 0 Å². The van der Waals surface area contributed by atoms with Gasteiger partial charge in [0.2, 0.25) is 11.8 Å². The highest BCUT2D eigenvalue weighted by Crippen LogP contribution is 2.40. The molecule has 4 rings (SSSR count). The minimum Gasteiger partial charge on any atom is -0.391 e. The number of piperazine rings is 1. The lowest BCUT2D eigenvalue weighted by Gasteiger charge is -2.37. The van der Waals surface area contributed by atoms with Crippen LogP contribution in [0.1, 0.15) is 78.0 Å². The Bertz CT molecular complexity index is 928. The smallest absolute Gasteiger partial charge is 0.248 e. The van der Waals surface area contributed by atoms with Crippen LogP contribution in [-0.2, 0) is 9.59 Å². The molecule has 3 atom stereocenters. The summed E-state index contributed by atoms with van der Waals surface area (Å²) in [5, 5.41) is 22.3. The molecule has 0 radical (unpaired) electrons. The van der Waals surface area contributed by atoms with Gasteiger partial charge in [-0.3, -0.25) is 9.59 Å². The summed E-state index contributed by atoms with van der Waals surface area (Å²) < 4.78 is 1.66. The summed E-state index contributed by atoms with van der Waals surface area (Å²) >= 11 is 0. The fraction of sp³-hybridized carbons (Fsp3) is 0.846. The lowest BCUT2D eigenvalue weighted by molar-refractivity contribution is -0.144. The molecule has 1 aromatic rings. The average molecular weight is 504 g/mol. The number of nitrogens with zero attached hydrogens (tertiary/aromatic N) is 6. The van der Waals surface area contributed by atoms with Crippen molar-refractivity contribution in [3.63, 3.8) is 0 Å². The number of rotatable bonds is 8. The number of aliphatic hydroxyl groups is 1. The highest BCUT2D eigenvalue weighted by Gasteiger charge is 2.46. The van der Waals surface area contributed by atoms with Crippen molar-refractivity contribution < 1.29 is 14.7 Å². The topological polar surface area (TPSA) is 107 Å². The predicted molar refractivity (Wildman–Crippen MR) is 137 cm³/mol. The summed E-state index contributed by atoms with van der Waals surface area (Å²) in [5.41, 5.74) is 0.0639. The number of amides is 2. The first-order valence-corrected chi connectivity index (χ1v) is 13.5. The number of aromatic nitrogens is 3. The number of likely N-dealkylation sites (N-methyl/N-ethyl adjacent to an activating group) is 1. The van der Waals surface area contributed by atoms with Crippen LogP contribution < -0.4 is 5.32 Å². The molecule has 2 amide bonds. The van der Waals surface area contributed by atoms with Gasteiger partial charge in [0.25, 0.3) is 0 Å². The first-order valence-electron chi connectivity index (χ1n) is 13.5. The van der Waals surface area contributed by atoms with Crippen LogP contribution in [0.15, 0.2) is 6.20 Å². The molecular weight excluding hydrogens is 458 g/mol. The minimum absolute atomic E-state index is 0.148. The van der Waals surface area contributed by atoms with Crippen molar-refractivity contribution in [1.82, 2.24) is 35.0 Å². The van der Waals surface area contributed by atoms with Crippen LogP contribution in [0.25, 0.3) is 0 Å². The summed E-state index contributed by atoms with van der Waals surface area (Å²) in [7, 11) is 2.14. The molecule has 2 N–H and O–H groups in total. The van der Waals surface area contributed by atoms with Gasteiger partial charge >= 0.3 is 0 Å². The fourth-order valence-electron chi connectivity index (χ4n) is 5.31. The largest absolute Gasteiger partial charge is 0.391 e. The fourth-order valence-corrected chi connectivity index (χ4v) is 5.31. The van der Waals surface area contributed by atoms with Crippen LogP contribution in [-0.4, -0.2) is 111 Å². The predicted octanol–water partition coefficient (Wildman–Crippen LogP) is 1.24. The Kier molecular flexibility index (Phi) is 7.78. The van der Waals surface area contributed by atoms with Crippen LogP contribution in [0.5, 0.6) is 0 Å². The molecule has 0 aromatic carbocycles. The van der Waals surface area contributed by atoms with Gasteiger partial charge in [-0.25, -0.2) is 4.68 Å². The van der Waals surface area contributed by atoms with Crippen LogP contribution >= 0.6 is 0 Å². The minimum atomic E-state index is -0.725. The van der Waals surface area contributed by atoms with E-state index in [1.54, 1.807) is 9.58 Å². The van der Waals surface area contributed by atoms with Gasteiger partial charge in [-0.2, -0.15) is 0 Å². The van der Waals surface area contributed by atoms with Crippen molar-refractivity contribution >= 4 is 11.8 Å². The first-order chi connectivity index (χ1) is 16.8. The standard InChI is InChI=1S/C26H45N7O3/c1-25(2,3)22(33-17-20(28-29-33)18-7-8-18)24(36)32-16-19(34)15-21(32)23(35)27-26(4,5)9-10-31-13-11-30(6)12-14-31/h17-19,21-22,34H,7-16H2,1-6H3,(H,27,35)/t19?,21?,22-/m1/s1. The highest BCUT2D eigenvalue weighted by molar-refractivity contribution is 5.90. The van der Waals surface area contributed by atoms with Gasteiger partial charge in [0.1, 0.15) is 12.1 Å². The maximum atomic E-state index is 13.9. The Hall–Kier alpha value is -2.04. The zero-order valence-electron chi connectivity index (χ0n) is 22.9. The normalized spacial score (nSPS) is 25.2. The Morgan fingerprint density at radius 3 is 2.42 bits per heavy atom. The van der Waals surface area contributed by atoms with E-state index in [1.807, 2.05) is 40.8 Å². The molecule has 0 spiro atoms. The van der Waals surface area contributed by atoms with Gasteiger partial charge in [0.15, 0.2) is 0 Å². The van der Waals surface area contributed by atoms with Crippen molar-refractivity contribution in [2.75, 3.05) is 46.3 Å². The van der Waals surface area contributed by atoms with Crippen molar-refractivity contribution in [3.8, 4) is 0 Å². The molecule has 1 aromatic heterocycles. The van der Waals surface area contributed by atoms with Crippen LogP contribution in [0.2, 0.25) is 0 Å². The summed E-state index contributed by atoms with van der Waals surface area (Å²) in [4.78, 5) is 33.7. The Labute approximate surface area is 215 Å². The lowest BCUT2D eigenvalue weighted by atomic mass is 9.85. The van der Waals surface area contributed by atoms with E-state index >= 15 is 0 Å². The Morgan fingerprint density at radius 2 is 1.81 bits per heavy atom. The van der Waals surface area contributed by atoms with Gasteiger partial charge in [0, 0.05) is 63.3 Å². The van der Waals surface area contributed by atoms with Crippen molar-refractivity contribution in [3.05, 3.63) is 11.9 Å². The molecule has 1 saturated carbocycles. The quantitative estimate of drug-likeness (QED) is 0.550. The van der Waals surface area contributed by atoms with E-state index in [2.05, 4.69) is 32.5 Å². The number of likely N-dealkylation sites (tertiary alicyclic amines) is 1. The average Bonchev–Trinajstić information content (AvgIpc) is 3.39. The molecule has 1 aliphatic carbocycles. The van der Waals surface area contributed by atoms with Gasteiger partial charge < -0.3 is 25.1 Å². The third-order valence-corrected chi connectivity index (χ3v) is 7.82. The molecule has 36 heavy (non-hydrogen) atoms. The number of hydrogen-bond acceptors (Lipinski definition) is 7. The molecule has 2 aliphatic heterocycles. The molecule has 10 nitrogen and oxygen atoms in total. The number of nitrogens with one attached hydrogen (secondary N) is 1. The Balaban J connectivity index is 1.43. The maximum absolute atomic E-state index is 13.9. The third kappa shape index (κ3) is 6.44. The number of carbonyl (C=O) groups is 2. The number of hydrogen-bond donors (Lipinski definition) is 2. The van der Waals surface area contributed by atoms with E-state index < -0.39 is 29.1 Å². The van der Waals surface area contributed by atoms with Crippen LogP contribution in [0.4, 0.5) is 0 Å². The second-order valence-corrected chi connectivity index (χ2v) is 12.8. The monoisotopic (exact) mass is 503 g/mol. The highest BCUT2D eigenvalue weighted by atomic mass is 16.3. The molecule has 0 bridgehead atoms. The summed E-state index contributed by atoms with van der Waals surface area (Å²) in [6.07, 6.45) is 4.44. The van der Waals surface area contributed by atoms with E-state index in [9.17, 15) is 14.7 Å². The number of β-amino-alcohol motifs (C(OH)–C–C–N with tert-alkyl or cyclic N) is 1. The molecular formula is C26H45N7O3. The van der Waals surface area contributed by atoms with E-state index in [1.165, 1.54) is 0 Å². The van der Waals surface area contributed by atoms with Gasteiger partial charge in [0.05, 0.1) is 11.8 Å². The first kappa shape index (κ1) is 27.0. The Morgan fingerprint density at radius 1 is 1.14 bits per heavy atom. The third-order valence-electron chi connectivity index (χ3n) is 7.82. The van der Waals surface area contributed by atoms with E-state index in [0.29, 0.717) is 5.92 Å². The van der Waals surface area contributed by atoms with E-state index in [0.717, 1.165) is 57.7 Å². The van der Waals surface area contributed by atoms with Crippen LogP contribution in [0, 0.1) is 5.41 Å². The molecule has 2 unspecified atom stereocenters. The molecule has 3 fully saturated rings. The zero-order valence-corrected chi connectivity index (χ0v) is 22.9. The number of aliphatic hydroxyl groups excluding tert-OH is 1. The summed E-state index contributed by atoms with van der Waals surface area (Å²) in [6, 6.07) is -1.31. The molecule has 202 valence electrons. The number of carbonyl (C=O) groups excluding carboxylic acids is 2.